The van der Waals surface area contributed by atoms with Gasteiger partial charge in [-0.05, 0) is 40.7 Å². The number of aliphatic imine (C=N–C) groups is 1. The van der Waals surface area contributed by atoms with E-state index in [4.69, 9.17) is 9.73 Å². The number of nitrogens with one attached hydrogen (secondary N) is 1. The summed E-state index contributed by atoms with van der Waals surface area (Å²) in [6.07, 6.45) is 2.45. The van der Waals surface area contributed by atoms with E-state index < -0.39 is 0 Å². The quantitative estimate of drug-likeness (QED) is 0.417. The standard InChI is InChI=1S/C16H32N4O.HI/c1-5-17-15(18-8-10-19(4)14(2)3)20-9-6-16(12-20)7-11-21-13-16;/h14H,5-13H2,1-4H3,(H,17,18);1H. The predicted molar refractivity (Wildman–Crippen MR) is 103 cm³/mol. The fraction of sp³-hybridized carbons (Fsp3) is 0.938. The minimum atomic E-state index is 0. The summed E-state index contributed by atoms with van der Waals surface area (Å²) in [5, 5.41) is 3.45. The van der Waals surface area contributed by atoms with E-state index in [-0.39, 0.29) is 24.0 Å². The molecule has 1 atom stereocenters. The first-order chi connectivity index (χ1) is 10.1. The maximum atomic E-state index is 5.62. The summed E-state index contributed by atoms with van der Waals surface area (Å²) in [7, 11) is 2.16. The van der Waals surface area contributed by atoms with Gasteiger partial charge in [0.15, 0.2) is 5.96 Å². The van der Waals surface area contributed by atoms with Crippen molar-refractivity contribution in [2.24, 2.45) is 10.4 Å². The Morgan fingerprint density at radius 2 is 2.18 bits per heavy atom. The van der Waals surface area contributed by atoms with Gasteiger partial charge >= 0.3 is 0 Å². The summed E-state index contributed by atoms with van der Waals surface area (Å²) < 4.78 is 5.62. The van der Waals surface area contributed by atoms with Crippen molar-refractivity contribution in [2.45, 2.75) is 39.7 Å². The van der Waals surface area contributed by atoms with Gasteiger partial charge in [0.1, 0.15) is 0 Å². The zero-order valence-corrected chi connectivity index (χ0v) is 16.9. The zero-order chi connectivity index (χ0) is 15.3. The Bertz CT molecular complexity index is 356. The van der Waals surface area contributed by atoms with Crippen LogP contribution in [0.1, 0.15) is 33.6 Å². The molecule has 0 aromatic heterocycles. The summed E-state index contributed by atoms with van der Waals surface area (Å²) in [5.74, 6) is 1.08. The minimum absolute atomic E-state index is 0. The number of guanidine groups is 1. The van der Waals surface area contributed by atoms with Gasteiger partial charge in [0, 0.05) is 44.2 Å². The lowest BCUT2D eigenvalue weighted by Gasteiger charge is -2.25. The van der Waals surface area contributed by atoms with Crippen LogP contribution in [0, 0.1) is 5.41 Å². The average molecular weight is 424 g/mol. The number of halogens is 1. The Labute approximate surface area is 152 Å². The van der Waals surface area contributed by atoms with E-state index in [0.717, 1.165) is 51.9 Å². The summed E-state index contributed by atoms with van der Waals surface area (Å²) in [4.78, 5) is 9.58. The van der Waals surface area contributed by atoms with Crippen LogP contribution >= 0.6 is 24.0 Å². The van der Waals surface area contributed by atoms with Gasteiger partial charge in [-0.1, -0.05) is 0 Å². The van der Waals surface area contributed by atoms with Crippen molar-refractivity contribution >= 4 is 29.9 Å². The zero-order valence-electron chi connectivity index (χ0n) is 14.6. The molecule has 130 valence electrons. The van der Waals surface area contributed by atoms with Crippen molar-refractivity contribution < 1.29 is 4.74 Å². The topological polar surface area (TPSA) is 40.1 Å². The number of nitrogens with zero attached hydrogens (tertiary/aromatic N) is 3. The molecule has 1 N–H and O–H groups in total. The van der Waals surface area contributed by atoms with Crippen molar-refractivity contribution in [3.05, 3.63) is 0 Å². The predicted octanol–water partition coefficient (Wildman–Crippen LogP) is 2.02. The van der Waals surface area contributed by atoms with Gasteiger partial charge in [0.2, 0.25) is 0 Å². The highest BCUT2D eigenvalue weighted by atomic mass is 127. The molecule has 0 aromatic carbocycles. The Hall–Kier alpha value is -0.0800. The monoisotopic (exact) mass is 424 g/mol. The van der Waals surface area contributed by atoms with Gasteiger partial charge in [0.05, 0.1) is 13.2 Å². The molecule has 0 aromatic rings. The van der Waals surface area contributed by atoms with Crippen molar-refractivity contribution in [3.63, 3.8) is 0 Å². The van der Waals surface area contributed by atoms with Crippen LogP contribution in [-0.2, 0) is 4.74 Å². The first kappa shape index (κ1) is 20.0. The molecule has 5 nitrogen and oxygen atoms in total. The molecule has 2 saturated heterocycles. The number of ether oxygens (including phenoxy) is 1. The molecule has 0 bridgehead atoms. The molecule has 2 aliphatic heterocycles. The lowest BCUT2D eigenvalue weighted by Crippen LogP contribution is -2.42. The molecule has 2 rings (SSSR count). The number of likely N-dealkylation sites (tertiary alicyclic amines) is 1. The number of hydrogen-bond acceptors (Lipinski definition) is 3. The summed E-state index contributed by atoms with van der Waals surface area (Å²) in [6.45, 7) is 13.4. The van der Waals surface area contributed by atoms with Crippen molar-refractivity contribution in [1.29, 1.82) is 0 Å². The van der Waals surface area contributed by atoms with E-state index in [9.17, 15) is 0 Å². The largest absolute Gasteiger partial charge is 0.381 e. The number of rotatable bonds is 5. The number of likely N-dealkylation sites (N-methyl/N-ethyl adjacent to an activating group) is 1. The van der Waals surface area contributed by atoms with Crippen molar-refractivity contribution in [3.8, 4) is 0 Å². The van der Waals surface area contributed by atoms with Gasteiger partial charge in [-0.2, -0.15) is 0 Å². The summed E-state index contributed by atoms with van der Waals surface area (Å²) >= 11 is 0. The Kier molecular flexibility index (Phi) is 8.42. The van der Waals surface area contributed by atoms with Gasteiger partial charge in [-0.15, -0.1) is 24.0 Å². The molecule has 6 heteroatoms. The molecule has 2 aliphatic rings. The Balaban J connectivity index is 0.00000242. The normalized spacial score (nSPS) is 25.4. The van der Waals surface area contributed by atoms with E-state index in [1.165, 1.54) is 12.8 Å². The minimum Gasteiger partial charge on any atom is -0.381 e. The van der Waals surface area contributed by atoms with Crippen molar-refractivity contribution in [2.75, 3.05) is 53.0 Å². The third-order valence-corrected chi connectivity index (χ3v) is 4.85. The molecule has 1 spiro atoms. The van der Waals surface area contributed by atoms with Crippen LogP contribution < -0.4 is 5.32 Å². The van der Waals surface area contributed by atoms with Gasteiger partial charge in [-0.25, -0.2) is 0 Å². The van der Waals surface area contributed by atoms with Crippen LogP contribution in [0.2, 0.25) is 0 Å². The third kappa shape index (κ3) is 5.23. The lowest BCUT2D eigenvalue weighted by atomic mass is 9.87. The van der Waals surface area contributed by atoms with Gasteiger partial charge in [0.25, 0.3) is 0 Å². The third-order valence-electron chi connectivity index (χ3n) is 4.85. The molecule has 0 radical (unpaired) electrons. The fourth-order valence-electron chi connectivity index (χ4n) is 3.08. The fourth-order valence-corrected chi connectivity index (χ4v) is 3.08. The molecule has 0 amide bonds. The Morgan fingerprint density at radius 1 is 1.41 bits per heavy atom. The first-order valence-electron chi connectivity index (χ1n) is 8.37. The SMILES string of the molecule is CCNC(=NCCN(C)C(C)C)N1CCC2(CCOC2)C1.I. The molecule has 2 heterocycles. The van der Waals surface area contributed by atoms with E-state index in [1.807, 2.05) is 0 Å². The molecule has 0 aliphatic carbocycles. The molecular formula is C16H33IN4O. The van der Waals surface area contributed by atoms with Gasteiger partial charge < -0.3 is 19.9 Å². The highest BCUT2D eigenvalue weighted by Gasteiger charge is 2.42. The van der Waals surface area contributed by atoms with E-state index in [0.29, 0.717) is 11.5 Å². The van der Waals surface area contributed by atoms with Crippen molar-refractivity contribution in [1.82, 2.24) is 15.1 Å². The van der Waals surface area contributed by atoms with E-state index >= 15 is 0 Å². The average Bonchev–Trinajstić information content (AvgIpc) is 3.08. The van der Waals surface area contributed by atoms with E-state index in [2.05, 4.69) is 42.9 Å². The molecular weight excluding hydrogens is 391 g/mol. The second-order valence-electron chi connectivity index (χ2n) is 6.78. The molecule has 22 heavy (non-hydrogen) atoms. The smallest absolute Gasteiger partial charge is 0.193 e. The van der Waals surface area contributed by atoms with Crippen LogP contribution in [0.5, 0.6) is 0 Å². The van der Waals surface area contributed by atoms with Crippen LogP contribution in [0.4, 0.5) is 0 Å². The van der Waals surface area contributed by atoms with Crippen LogP contribution in [0.15, 0.2) is 4.99 Å². The van der Waals surface area contributed by atoms with Crippen LogP contribution in [0.3, 0.4) is 0 Å². The van der Waals surface area contributed by atoms with Gasteiger partial charge in [-0.3, -0.25) is 4.99 Å². The second kappa shape index (κ2) is 9.27. The summed E-state index contributed by atoms with van der Waals surface area (Å²) in [6, 6.07) is 0.577. The van der Waals surface area contributed by atoms with E-state index in [1.54, 1.807) is 0 Å². The maximum absolute atomic E-state index is 5.62. The van der Waals surface area contributed by atoms with Crippen LogP contribution in [-0.4, -0.2) is 74.8 Å². The number of hydrogen-bond donors (Lipinski definition) is 1. The second-order valence-corrected chi connectivity index (χ2v) is 6.78. The molecule has 1 unspecified atom stereocenters. The van der Waals surface area contributed by atoms with Crippen LogP contribution in [0.25, 0.3) is 0 Å². The molecule has 0 saturated carbocycles. The maximum Gasteiger partial charge on any atom is 0.193 e. The Morgan fingerprint density at radius 3 is 2.77 bits per heavy atom. The lowest BCUT2D eigenvalue weighted by molar-refractivity contribution is 0.156. The highest BCUT2D eigenvalue weighted by molar-refractivity contribution is 14.0. The molecule has 2 fully saturated rings. The first-order valence-corrected chi connectivity index (χ1v) is 8.37. The summed E-state index contributed by atoms with van der Waals surface area (Å²) in [5.41, 5.74) is 0.394. The highest BCUT2D eigenvalue weighted by Crippen LogP contribution is 2.38.